The molecule has 1 fully saturated rings. The number of carbonyl (C=O) groups excluding carboxylic acids is 3. The predicted octanol–water partition coefficient (Wildman–Crippen LogP) is 1.63. The summed E-state index contributed by atoms with van der Waals surface area (Å²) in [6, 6.07) is 0. The van der Waals surface area contributed by atoms with Crippen LogP contribution < -0.4 is 5.32 Å². The lowest BCUT2D eigenvalue weighted by atomic mass is 9.85. The van der Waals surface area contributed by atoms with Crippen LogP contribution in [-0.2, 0) is 14.4 Å². The maximum absolute atomic E-state index is 12.2. The molecule has 2 atom stereocenters. The van der Waals surface area contributed by atoms with Crippen LogP contribution in [0.15, 0.2) is 12.2 Å². The first-order chi connectivity index (χ1) is 9.79. The monoisotopic (exact) mass is 292 g/mol. The zero-order valence-corrected chi connectivity index (χ0v) is 13.0. The first-order valence-corrected chi connectivity index (χ1v) is 7.61. The van der Waals surface area contributed by atoms with E-state index in [1.165, 1.54) is 4.90 Å². The summed E-state index contributed by atoms with van der Waals surface area (Å²) in [5.41, 5.74) is -0.253. The van der Waals surface area contributed by atoms with Gasteiger partial charge in [-0.3, -0.25) is 19.3 Å². The maximum atomic E-state index is 12.2. The van der Waals surface area contributed by atoms with E-state index < -0.39 is 0 Å². The van der Waals surface area contributed by atoms with Gasteiger partial charge in [0, 0.05) is 18.5 Å². The fraction of sp³-hybridized carbons (Fsp3) is 0.688. The largest absolute Gasteiger partial charge is 0.352 e. The van der Waals surface area contributed by atoms with Gasteiger partial charge in [-0.25, -0.2) is 0 Å². The van der Waals surface area contributed by atoms with Gasteiger partial charge in [-0.05, 0) is 40.0 Å². The lowest BCUT2D eigenvalue weighted by molar-refractivity contribution is -0.140. The molecule has 1 aliphatic heterocycles. The van der Waals surface area contributed by atoms with Gasteiger partial charge < -0.3 is 5.32 Å². The van der Waals surface area contributed by atoms with E-state index in [2.05, 4.69) is 5.32 Å². The zero-order valence-electron chi connectivity index (χ0n) is 13.0. The van der Waals surface area contributed by atoms with E-state index in [0.29, 0.717) is 32.2 Å². The van der Waals surface area contributed by atoms with E-state index in [4.69, 9.17) is 0 Å². The van der Waals surface area contributed by atoms with Crippen LogP contribution in [0, 0.1) is 11.8 Å². The van der Waals surface area contributed by atoms with Gasteiger partial charge in [0.05, 0.1) is 11.8 Å². The third-order valence-corrected chi connectivity index (χ3v) is 3.90. The standard InChI is InChI=1S/C16H24N2O3/c1-16(2,3)17-13(19)9-6-10-18-14(20)11-7-4-5-8-12(11)15(18)21/h4-5,11-12H,6-10H2,1-3H3,(H,17,19)/t11-,12-/m0/s1. The Bertz CT molecular complexity index is 450. The number of imide groups is 1. The number of amides is 3. The van der Waals surface area contributed by atoms with E-state index in [9.17, 15) is 14.4 Å². The number of nitrogens with one attached hydrogen (secondary N) is 1. The van der Waals surface area contributed by atoms with Gasteiger partial charge in [-0.15, -0.1) is 0 Å². The molecule has 1 heterocycles. The average molecular weight is 292 g/mol. The topological polar surface area (TPSA) is 66.5 Å². The summed E-state index contributed by atoms with van der Waals surface area (Å²) >= 11 is 0. The van der Waals surface area contributed by atoms with E-state index in [-0.39, 0.29) is 35.1 Å². The van der Waals surface area contributed by atoms with E-state index in [0.717, 1.165) is 0 Å². The van der Waals surface area contributed by atoms with Crippen molar-refractivity contribution in [1.29, 1.82) is 0 Å². The van der Waals surface area contributed by atoms with E-state index in [1.807, 2.05) is 32.9 Å². The minimum absolute atomic E-state index is 0.0410. The van der Waals surface area contributed by atoms with Crippen molar-refractivity contribution < 1.29 is 14.4 Å². The lowest BCUT2D eigenvalue weighted by Gasteiger charge is -2.21. The highest BCUT2D eigenvalue weighted by Crippen LogP contribution is 2.35. The summed E-state index contributed by atoms with van der Waals surface area (Å²) in [5.74, 6) is -0.520. The van der Waals surface area contributed by atoms with Gasteiger partial charge >= 0.3 is 0 Å². The normalized spacial score (nSPS) is 25.2. The number of fused-ring (bicyclic) bond motifs is 1. The summed E-state index contributed by atoms with van der Waals surface area (Å²) in [6.07, 6.45) is 6.14. The van der Waals surface area contributed by atoms with Crippen LogP contribution in [0.3, 0.4) is 0 Å². The van der Waals surface area contributed by atoms with E-state index >= 15 is 0 Å². The second-order valence-electron chi connectivity index (χ2n) is 6.89. The molecule has 0 aromatic heterocycles. The molecule has 0 spiro atoms. The third kappa shape index (κ3) is 3.71. The summed E-state index contributed by atoms with van der Waals surface area (Å²) in [6.45, 7) is 6.13. The van der Waals surface area contributed by atoms with Gasteiger partial charge in [-0.2, -0.15) is 0 Å². The van der Waals surface area contributed by atoms with Crippen molar-refractivity contribution in [3.05, 3.63) is 12.2 Å². The molecule has 2 aliphatic rings. The first-order valence-electron chi connectivity index (χ1n) is 7.61. The molecule has 1 aliphatic carbocycles. The molecule has 2 rings (SSSR count). The molecule has 0 unspecified atom stereocenters. The van der Waals surface area contributed by atoms with Crippen molar-refractivity contribution in [2.24, 2.45) is 11.8 Å². The Morgan fingerprint density at radius 1 is 1.19 bits per heavy atom. The Hall–Kier alpha value is -1.65. The highest BCUT2D eigenvalue weighted by Gasteiger charge is 2.46. The number of rotatable bonds is 4. The van der Waals surface area contributed by atoms with Crippen molar-refractivity contribution >= 4 is 17.7 Å². The molecule has 1 N–H and O–H groups in total. The highest BCUT2D eigenvalue weighted by molar-refractivity contribution is 6.05. The predicted molar refractivity (Wildman–Crippen MR) is 79.2 cm³/mol. The average Bonchev–Trinajstić information content (AvgIpc) is 2.62. The van der Waals surface area contributed by atoms with Crippen molar-refractivity contribution in [2.75, 3.05) is 6.54 Å². The van der Waals surface area contributed by atoms with Crippen LogP contribution in [0.25, 0.3) is 0 Å². The van der Waals surface area contributed by atoms with Crippen LogP contribution >= 0.6 is 0 Å². The number of allylic oxidation sites excluding steroid dienone is 2. The number of nitrogens with zero attached hydrogens (tertiary/aromatic N) is 1. The van der Waals surface area contributed by atoms with Crippen LogP contribution in [0.2, 0.25) is 0 Å². The lowest BCUT2D eigenvalue weighted by Crippen LogP contribution is -2.41. The molecule has 0 aromatic rings. The highest BCUT2D eigenvalue weighted by atomic mass is 16.2. The molecule has 5 nitrogen and oxygen atoms in total. The molecular weight excluding hydrogens is 268 g/mol. The van der Waals surface area contributed by atoms with Crippen molar-refractivity contribution in [3.63, 3.8) is 0 Å². The number of hydrogen-bond donors (Lipinski definition) is 1. The summed E-state index contributed by atoms with van der Waals surface area (Å²) < 4.78 is 0. The van der Waals surface area contributed by atoms with Crippen LogP contribution in [0.1, 0.15) is 46.5 Å². The molecule has 0 bridgehead atoms. The summed E-state index contributed by atoms with van der Waals surface area (Å²) in [5, 5.41) is 2.88. The van der Waals surface area contributed by atoms with Crippen molar-refractivity contribution in [2.45, 2.75) is 52.0 Å². The molecule has 0 saturated carbocycles. The fourth-order valence-electron chi connectivity index (χ4n) is 2.97. The molecule has 1 saturated heterocycles. The van der Waals surface area contributed by atoms with Gasteiger partial charge in [0.1, 0.15) is 0 Å². The Morgan fingerprint density at radius 2 is 1.71 bits per heavy atom. The summed E-state index contributed by atoms with van der Waals surface area (Å²) in [7, 11) is 0. The first kappa shape index (κ1) is 15.7. The minimum Gasteiger partial charge on any atom is -0.352 e. The van der Waals surface area contributed by atoms with E-state index in [1.54, 1.807) is 0 Å². The molecule has 0 radical (unpaired) electrons. The second kappa shape index (κ2) is 6.00. The van der Waals surface area contributed by atoms with Gasteiger partial charge in [0.25, 0.3) is 0 Å². The molecule has 5 heteroatoms. The summed E-state index contributed by atoms with van der Waals surface area (Å²) in [4.78, 5) is 37.5. The molecule has 3 amide bonds. The molecule has 21 heavy (non-hydrogen) atoms. The number of likely N-dealkylation sites (tertiary alicyclic amines) is 1. The second-order valence-corrected chi connectivity index (χ2v) is 6.89. The SMILES string of the molecule is CC(C)(C)NC(=O)CCCN1C(=O)[C@H]2CC=CC[C@@H]2C1=O. The van der Waals surface area contributed by atoms with Crippen molar-refractivity contribution in [3.8, 4) is 0 Å². The van der Waals surface area contributed by atoms with Crippen LogP contribution in [-0.4, -0.2) is 34.7 Å². The molecular formula is C16H24N2O3. The van der Waals surface area contributed by atoms with Gasteiger partial charge in [-0.1, -0.05) is 12.2 Å². The maximum Gasteiger partial charge on any atom is 0.233 e. The molecule has 116 valence electrons. The Morgan fingerprint density at radius 3 is 2.19 bits per heavy atom. The number of carbonyl (C=O) groups is 3. The Kier molecular flexibility index (Phi) is 4.49. The Labute approximate surface area is 125 Å². The third-order valence-electron chi connectivity index (χ3n) is 3.90. The van der Waals surface area contributed by atoms with Crippen molar-refractivity contribution in [1.82, 2.24) is 10.2 Å². The minimum atomic E-state index is -0.253. The van der Waals surface area contributed by atoms with Crippen LogP contribution in [0.5, 0.6) is 0 Å². The van der Waals surface area contributed by atoms with Gasteiger partial charge in [0.15, 0.2) is 0 Å². The Balaban J connectivity index is 1.83. The molecule has 0 aromatic carbocycles. The number of hydrogen-bond acceptors (Lipinski definition) is 3. The van der Waals surface area contributed by atoms with Crippen LogP contribution in [0.4, 0.5) is 0 Å². The van der Waals surface area contributed by atoms with Gasteiger partial charge in [0.2, 0.25) is 17.7 Å². The zero-order chi connectivity index (χ0) is 15.6. The quantitative estimate of drug-likeness (QED) is 0.632. The fourth-order valence-corrected chi connectivity index (χ4v) is 2.97. The smallest absolute Gasteiger partial charge is 0.233 e.